The Morgan fingerprint density at radius 1 is 1.09 bits per heavy atom. The standard InChI is InChI=1S/C25H34ClFN4O3/c26-19-4-3-18(12-20(19)27)34-14-24(32)29-21-13-22(16-9-15(21)10-16)30-25(33)23-11-17(5-6-28-23)31-7-1-2-8-31/h3-4,12,15-17,21-23,28H,1-2,5-11,13-14H2,(H,29,32)(H,30,33)/t15?,16?,17?,21-,22+,23?/m1/s1. The van der Waals surface area contributed by atoms with E-state index in [9.17, 15) is 14.0 Å². The Labute approximate surface area is 205 Å². The Balaban J connectivity index is 1.10. The van der Waals surface area contributed by atoms with Crippen molar-refractivity contribution in [2.24, 2.45) is 11.8 Å². The van der Waals surface area contributed by atoms with E-state index in [0.29, 0.717) is 17.9 Å². The molecule has 4 atom stereocenters. The van der Waals surface area contributed by atoms with Crippen LogP contribution in [0.4, 0.5) is 4.39 Å². The van der Waals surface area contributed by atoms with Gasteiger partial charge in [-0.15, -0.1) is 0 Å². The minimum Gasteiger partial charge on any atom is -0.484 e. The van der Waals surface area contributed by atoms with Gasteiger partial charge in [-0.25, -0.2) is 4.39 Å². The lowest BCUT2D eigenvalue weighted by molar-refractivity contribution is -0.128. The van der Waals surface area contributed by atoms with E-state index in [0.717, 1.165) is 51.7 Å². The number of piperidine rings is 1. The third-order valence-corrected chi connectivity index (χ3v) is 8.45. The molecule has 9 heteroatoms. The molecule has 2 heterocycles. The zero-order chi connectivity index (χ0) is 23.7. The Kier molecular flexibility index (Phi) is 7.27. The number of ether oxygens (including phenoxy) is 1. The van der Waals surface area contributed by atoms with Gasteiger partial charge in [0, 0.05) is 24.2 Å². The lowest BCUT2D eigenvalue weighted by Gasteiger charge is -2.51. The van der Waals surface area contributed by atoms with Gasteiger partial charge in [-0.3, -0.25) is 9.59 Å². The number of halogens is 2. The topological polar surface area (TPSA) is 82.7 Å². The van der Waals surface area contributed by atoms with Gasteiger partial charge in [-0.1, -0.05) is 11.6 Å². The Bertz CT molecular complexity index is 906. The number of nitrogens with zero attached hydrogens (tertiary/aromatic N) is 1. The molecule has 1 aromatic rings. The fraction of sp³-hybridized carbons (Fsp3) is 0.680. The van der Waals surface area contributed by atoms with E-state index >= 15 is 0 Å². The predicted octanol–water partition coefficient (Wildman–Crippen LogP) is 2.47. The van der Waals surface area contributed by atoms with Crippen LogP contribution < -0.4 is 20.7 Å². The highest BCUT2D eigenvalue weighted by Crippen LogP contribution is 2.45. The number of hydrogen-bond acceptors (Lipinski definition) is 5. The smallest absolute Gasteiger partial charge is 0.258 e. The number of fused-ring (bicyclic) bond motifs is 2. The van der Waals surface area contributed by atoms with Crippen molar-refractivity contribution in [1.82, 2.24) is 20.9 Å². The second-order valence-corrected chi connectivity index (χ2v) is 10.7. The summed E-state index contributed by atoms with van der Waals surface area (Å²) in [6.07, 6.45) is 7.29. The van der Waals surface area contributed by atoms with Crippen molar-refractivity contribution in [2.75, 3.05) is 26.2 Å². The molecule has 3 saturated carbocycles. The van der Waals surface area contributed by atoms with Gasteiger partial charge in [-0.05, 0) is 88.5 Å². The third-order valence-electron chi connectivity index (χ3n) is 8.14. The summed E-state index contributed by atoms with van der Waals surface area (Å²) in [6.45, 7) is 3.01. The lowest BCUT2D eigenvalue weighted by atomic mass is 9.60. The molecule has 2 bridgehead atoms. The number of nitrogens with one attached hydrogen (secondary N) is 3. The highest BCUT2D eigenvalue weighted by Gasteiger charge is 2.47. The zero-order valence-corrected chi connectivity index (χ0v) is 20.2. The minimum absolute atomic E-state index is 0.0154. The van der Waals surface area contributed by atoms with Crippen LogP contribution >= 0.6 is 11.6 Å². The monoisotopic (exact) mass is 492 g/mol. The maximum atomic E-state index is 13.6. The average molecular weight is 493 g/mol. The van der Waals surface area contributed by atoms with Crippen LogP contribution in [0.25, 0.3) is 0 Å². The summed E-state index contributed by atoms with van der Waals surface area (Å²) in [5.41, 5.74) is 0. The third kappa shape index (κ3) is 5.34. The molecular formula is C25H34ClFN4O3. The molecule has 0 aromatic heterocycles. The van der Waals surface area contributed by atoms with Crippen LogP contribution in [-0.4, -0.2) is 67.1 Å². The first-order valence-corrected chi connectivity index (χ1v) is 13.0. The molecule has 34 heavy (non-hydrogen) atoms. The van der Waals surface area contributed by atoms with E-state index in [4.69, 9.17) is 16.3 Å². The Morgan fingerprint density at radius 2 is 1.82 bits per heavy atom. The SMILES string of the molecule is O=C(COc1ccc(Cl)c(F)c1)N[C@@H]1C[C@H](NC(=O)C2CC(N3CCCC3)CCN2)C2CC1C2. The molecule has 0 radical (unpaired) electrons. The number of likely N-dealkylation sites (tertiary alicyclic amines) is 1. The first-order valence-electron chi connectivity index (χ1n) is 12.6. The van der Waals surface area contributed by atoms with Crippen LogP contribution in [0, 0.1) is 17.7 Å². The van der Waals surface area contributed by atoms with Gasteiger partial charge in [0.05, 0.1) is 11.1 Å². The predicted molar refractivity (Wildman–Crippen MR) is 127 cm³/mol. The quantitative estimate of drug-likeness (QED) is 0.544. The maximum absolute atomic E-state index is 13.6. The van der Waals surface area contributed by atoms with E-state index in [-0.39, 0.29) is 47.3 Å². The molecule has 3 aliphatic carbocycles. The molecule has 2 unspecified atom stereocenters. The normalized spacial score (nSPS) is 33.1. The number of carbonyl (C=O) groups excluding carboxylic acids is 2. The van der Waals surface area contributed by atoms with E-state index < -0.39 is 5.82 Å². The number of carbonyl (C=O) groups is 2. The van der Waals surface area contributed by atoms with Crippen molar-refractivity contribution in [3.63, 3.8) is 0 Å². The summed E-state index contributed by atoms with van der Waals surface area (Å²) in [4.78, 5) is 28.1. The molecule has 1 aromatic carbocycles. The largest absolute Gasteiger partial charge is 0.484 e. The molecule has 3 N–H and O–H groups in total. The number of hydrogen-bond donors (Lipinski definition) is 3. The average Bonchev–Trinajstić information content (AvgIpc) is 3.34. The summed E-state index contributed by atoms with van der Waals surface area (Å²) in [7, 11) is 0. The van der Waals surface area contributed by atoms with Crippen LogP contribution in [0.5, 0.6) is 5.75 Å². The lowest BCUT2D eigenvalue weighted by Crippen LogP contribution is -2.62. The first kappa shape index (κ1) is 23.8. The van der Waals surface area contributed by atoms with Crippen molar-refractivity contribution < 1.29 is 18.7 Å². The molecule has 186 valence electrons. The maximum Gasteiger partial charge on any atom is 0.258 e. The van der Waals surface area contributed by atoms with Crippen molar-refractivity contribution in [2.45, 2.75) is 69.1 Å². The molecule has 2 amide bonds. The highest BCUT2D eigenvalue weighted by atomic mass is 35.5. The molecule has 0 spiro atoms. The molecule has 6 rings (SSSR count). The van der Waals surface area contributed by atoms with Crippen LogP contribution in [0.2, 0.25) is 5.02 Å². The first-order chi connectivity index (χ1) is 16.5. The summed E-state index contributed by atoms with van der Waals surface area (Å²) in [5, 5.41) is 9.80. The summed E-state index contributed by atoms with van der Waals surface area (Å²) in [6, 6.07) is 4.58. The van der Waals surface area contributed by atoms with Gasteiger partial charge in [0.2, 0.25) is 5.91 Å². The van der Waals surface area contributed by atoms with Gasteiger partial charge >= 0.3 is 0 Å². The molecule has 5 aliphatic rings. The fourth-order valence-corrected chi connectivity index (χ4v) is 6.28. The van der Waals surface area contributed by atoms with Crippen LogP contribution in [-0.2, 0) is 9.59 Å². The second kappa shape index (κ2) is 10.4. The summed E-state index contributed by atoms with van der Waals surface area (Å²) < 4.78 is 19.0. The van der Waals surface area contributed by atoms with Crippen LogP contribution in [0.1, 0.15) is 44.9 Å². The second-order valence-electron chi connectivity index (χ2n) is 10.3. The summed E-state index contributed by atoms with van der Waals surface area (Å²) >= 11 is 5.68. The Morgan fingerprint density at radius 3 is 2.56 bits per heavy atom. The van der Waals surface area contributed by atoms with E-state index in [1.807, 2.05) is 0 Å². The number of amides is 2. The molecular weight excluding hydrogens is 459 g/mol. The summed E-state index contributed by atoms with van der Waals surface area (Å²) in [5.74, 6) is 0.485. The van der Waals surface area contributed by atoms with Crippen molar-refractivity contribution in [3.05, 3.63) is 29.0 Å². The number of rotatable bonds is 7. The van der Waals surface area contributed by atoms with Crippen LogP contribution in [0.3, 0.4) is 0 Å². The Hall–Kier alpha value is -1.90. The fourth-order valence-electron chi connectivity index (χ4n) is 6.16. The highest BCUT2D eigenvalue weighted by molar-refractivity contribution is 6.30. The number of benzene rings is 1. The van der Waals surface area contributed by atoms with Crippen LogP contribution in [0.15, 0.2) is 18.2 Å². The molecule has 7 nitrogen and oxygen atoms in total. The van der Waals surface area contributed by atoms with Gasteiger partial charge < -0.3 is 25.6 Å². The molecule has 5 fully saturated rings. The van der Waals surface area contributed by atoms with E-state index in [1.165, 1.54) is 31.0 Å². The van der Waals surface area contributed by atoms with Gasteiger partial charge in [0.1, 0.15) is 11.6 Å². The van der Waals surface area contributed by atoms with E-state index in [2.05, 4.69) is 20.9 Å². The van der Waals surface area contributed by atoms with Gasteiger partial charge in [-0.2, -0.15) is 0 Å². The molecule has 2 saturated heterocycles. The van der Waals surface area contributed by atoms with Crippen molar-refractivity contribution in [1.29, 1.82) is 0 Å². The van der Waals surface area contributed by atoms with Crippen molar-refractivity contribution >= 4 is 23.4 Å². The molecule has 2 aliphatic heterocycles. The zero-order valence-electron chi connectivity index (χ0n) is 19.4. The van der Waals surface area contributed by atoms with Gasteiger partial charge in [0.25, 0.3) is 5.91 Å². The van der Waals surface area contributed by atoms with Crippen molar-refractivity contribution in [3.8, 4) is 5.75 Å². The minimum atomic E-state index is -0.579. The van der Waals surface area contributed by atoms with E-state index in [1.54, 1.807) is 0 Å². The van der Waals surface area contributed by atoms with Gasteiger partial charge in [0.15, 0.2) is 6.61 Å².